The fourth-order valence-electron chi connectivity index (χ4n) is 2.67. The molecule has 24 heavy (non-hydrogen) atoms. The van der Waals surface area contributed by atoms with Crippen LogP contribution in [0.3, 0.4) is 0 Å². The van der Waals surface area contributed by atoms with Crippen LogP contribution in [0.2, 0.25) is 0 Å². The molecule has 0 aliphatic carbocycles. The van der Waals surface area contributed by atoms with Gasteiger partial charge in [-0.15, -0.1) is 0 Å². The first kappa shape index (κ1) is 15.7. The highest BCUT2D eigenvalue weighted by Crippen LogP contribution is 2.37. The fraction of sp³-hybridized carbons (Fsp3) is 0.167. The van der Waals surface area contributed by atoms with Crippen LogP contribution in [0, 0.1) is 0 Å². The molecule has 0 aliphatic heterocycles. The molecular weight excluding hydrogens is 312 g/mol. The van der Waals surface area contributed by atoms with Crippen LogP contribution in [0.5, 0.6) is 17.2 Å². The lowest BCUT2D eigenvalue weighted by molar-refractivity contribution is 0.0663. The summed E-state index contributed by atoms with van der Waals surface area (Å²) in [6.07, 6.45) is 0.219. The molecule has 1 aromatic heterocycles. The summed E-state index contributed by atoms with van der Waals surface area (Å²) in [6, 6.07) is 10.1. The van der Waals surface area contributed by atoms with Crippen molar-refractivity contribution in [3.8, 4) is 17.2 Å². The van der Waals surface area contributed by atoms with Gasteiger partial charge in [0.15, 0.2) is 11.5 Å². The molecule has 0 bridgehead atoms. The van der Waals surface area contributed by atoms with Crippen LogP contribution in [0.15, 0.2) is 40.8 Å². The third-order valence-corrected chi connectivity index (χ3v) is 3.85. The van der Waals surface area contributed by atoms with Gasteiger partial charge in [-0.25, -0.2) is 4.79 Å². The number of phenols is 1. The van der Waals surface area contributed by atoms with Crippen molar-refractivity contribution >= 4 is 16.9 Å². The number of carbonyl (C=O) groups is 1. The lowest BCUT2D eigenvalue weighted by Gasteiger charge is -2.08. The average molecular weight is 328 g/mol. The van der Waals surface area contributed by atoms with Gasteiger partial charge in [-0.1, -0.05) is 18.2 Å². The first-order chi connectivity index (χ1) is 11.5. The molecule has 3 rings (SSSR count). The number of carboxylic acids is 1. The fourth-order valence-corrected chi connectivity index (χ4v) is 2.67. The number of furan rings is 1. The molecule has 6 nitrogen and oxygen atoms in total. The topological polar surface area (TPSA) is 89.1 Å². The zero-order valence-corrected chi connectivity index (χ0v) is 13.2. The van der Waals surface area contributed by atoms with Gasteiger partial charge in [0.2, 0.25) is 5.76 Å². The van der Waals surface area contributed by atoms with E-state index in [1.54, 1.807) is 36.4 Å². The molecule has 0 radical (unpaired) electrons. The molecule has 124 valence electrons. The number of aromatic hydroxyl groups is 1. The van der Waals surface area contributed by atoms with Crippen molar-refractivity contribution in [1.29, 1.82) is 0 Å². The second-order valence-corrected chi connectivity index (χ2v) is 5.22. The number of benzene rings is 2. The lowest BCUT2D eigenvalue weighted by Crippen LogP contribution is -2.00. The monoisotopic (exact) mass is 328 g/mol. The van der Waals surface area contributed by atoms with Crippen LogP contribution < -0.4 is 9.47 Å². The predicted molar refractivity (Wildman–Crippen MR) is 87.2 cm³/mol. The maximum Gasteiger partial charge on any atom is 0.372 e. The molecule has 0 aliphatic rings. The second kappa shape index (κ2) is 6.16. The van der Waals surface area contributed by atoms with Gasteiger partial charge in [0.1, 0.15) is 11.3 Å². The number of aromatic carboxylic acids is 1. The van der Waals surface area contributed by atoms with Crippen LogP contribution in [-0.4, -0.2) is 30.4 Å². The zero-order chi connectivity index (χ0) is 17.3. The molecule has 6 heteroatoms. The van der Waals surface area contributed by atoms with Gasteiger partial charge >= 0.3 is 5.97 Å². The smallest absolute Gasteiger partial charge is 0.372 e. The maximum atomic E-state index is 11.6. The molecule has 2 aromatic carbocycles. The number of para-hydroxylation sites is 1. The van der Waals surface area contributed by atoms with E-state index in [2.05, 4.69) is 0 Å². The third kappa shape index (κ3) is 2.62. The maximum absolute atomic E-state index is 11.6. The minimum atomic E-state index is -1.17. The normalized spacial score (nSPS) is 10.8. The average Bonchev–Trinajstić information content (AvgIpc) is 2.93. The predicted octanol–water partition coefficient (Wildman–Crippen LogP) is 3.44. The number of ether oxygens (including phenoxy) is 2. The van der Waals surface area contributed by atoms with Gasteiger partial charge in [0.05, 0.1) is 14.2 Å². The molecule has 3 aromatic rings. The van der Waals surface area contributed by atoms with Gasteiger partial charge in [0.25, 0.3) is 0 Å². The van der Waals surface area contributed by atoms with Gasteiger partial charge in [0, 0.05) is 23.4 Å². The Hall–Kier alpha value is -3.15. The van der Waals surface area contributed by atoms with Crippen molar-refractivity contribution in [2.24, 2.45) is 0 Å². The molecule has 0 atom stereocenters. The number of hydrogen-bond acceptors (Lipinski definition) is 5. The number of phenolic OH excluding ortho intramolecular Hbond substituents is 1. The van der Waals surface area contributed by atoms with Crippen LogP contribution in [0.25, 0.3) is 11.0 Å². The summed E-state index contributed by atoms with van der Waals surface area (Å²) in [4.78, 5) is 11.6. The number of fused-ring (bicyclic) bond motifs is 1. The molecule has 0 saturated carbocycles. The molecule has 0 unspecified atom stereocenters. The Morgan fingerprint density at radius 1 is 1.12 bits per heavy atom. The Labute approximate surface area is 137 Å². The van der Waals surface area contributed by atoms with Crippen molar-refractivity contribution in [3.05, 3.63) is 53.3 Å². The van der Waals surface area contributed by atoms with Gasteiger partial charge in [-0.2, -0.15) is 0 Å². The highest BCUT2D eigenvalue weighted by atomic mass is 16.5. The van der Waals surface area contributed by atoms with E-state index >= 15 is 0 Å². The van der Waals surface area contributed by atoms with Crippen LogP contribution in [-0.2, 0) is 6.42 Å². The number of methoxy groups -OCH3 is 2. The molecule has 0 saturated heterocycles. The highest BCUT2D eigenvalue weighted by molar-refractivity contribution is 5.96. The van der Waals surface area contributed by atoms with E-state index in [-0.39, 0.29) is 17.9 Å². The number of rotatable bonds is 5. The van der Waals surface area contributed by atoms with Crippen LogP contribution in [0.1, 0.15) is 21.7 Å². The molecule has 0 amide bonds. The Morgan fingerprint density at radius 3 is 2.42 bits per heavy atom. The minimum absolute atomic E-state index is 0.101. The Morgan fingerprint density at radius 2 is 1.79 bits per heavy atom. The minimum Gasteiger partial charge on any atom is -0.508 e. The van der Waals surface area contributed by atoms with Crippen molar-refractivity contribution in [2.75, 3.05) is 14.2 Å². The molecule has 0 spiro atoms. The van der Waals surface area contributed by atoms with E-state index in [0.29, 0.717) is 33.6 Å². The van der Waals surface area contributed by atoms with E-state index < -0.39 is 5.97 Å². The summed E-state index contributed by atoms with van der Waals surface area (Å²) in [5, 5.41) is 20.0. The Balaban J connectivity index is 2.22. The summed E-state index contributed by atoms with van der Waals surface area (Å²) in [5.74, 6) is -0.312. The van der Waals surface area contributed by atoms with E-state index in [1.807, 2.05) is 0 Å². The van der Waals surface area contributed by atoms with Gasteiger partial charge in [-0.3, -0.25) is 0 Å². The number of carboxylic acid groups (broad SMARTS) is 1. The van der Waals surface area contributed by atoms with Crippen LogP contribution >= 0.6 is 0 Å². The number of hydrogen-bond donors (Lipinski definition) is 2. The van der Waals surface area contributed by atoms with Crippen molar-refractivity contribution in [1.82, 2.24) is 0 Å². The SMILES string of the molecule is COc1cc2oc(C(=O)O)c(Cc3ccccc3O)c2cc1OC. The van der Waals surface area contributed by atoms with Crippen LogP contribution in [0.4, 0.5) is 0 Å². The first-order valence-electron chi connectivity index (χ1n) is 7.22. The van der Waals surface area contributed by atoms with E-state index in [9.17, 15) is 15.0 Å². The van der Waals surface area contributed by atoms with Crippen molar-refractivity contribution in [3.63, 3.8) is 0 Å². The van der Waals surface area contributed by atoms with E-state index in [4.69, 9.17) is 13.9 Å². The van der Waals surface area contributed by atoms with Gasteiger partial charge in [-0.05, 0) is 17.7 Å². The standard InChI is InChI=1S/C18H16O6/c1-22-15-8-11-12(7-10-5-3-4-6-13(10)19)17(18(20)21)24-14(11)9-16(15)23-2/h3-6,8-9,19H,7H2,1-2H3,(H,20,21). The first-order valence-corrected chi connectivity index (χ1v) is 7.22. The molecular formula is C18H16O6. The highest BCUT2D eigenvalue weighted by Gasteiger charge is 2.23. The molecule has 1 heterocycles. The lowest BCUT2D eigenvalue weighted by atomic mass is 10.0. The summed E-state index contributed by atoms with van der Waals surface area (Å²) in [5.41, 5.74) is 1.47. The third-order valence-electron chi connectivity index (χ3n) is 3.85. The van der Waals surface area contributed by atoms with Crippen molar-refractivity contribution in [2.45, 2.75) is 6.42 Å². The second-order valence-electron chi connectivity index (χ2n) is 5.22. The molecule has 0 fully saturated rings. The summed E-state index contributed by atoms with van der Waals surface area (Å²) in [6.45, 7) is 0. The van der Waals surface area contributed by atoms with E-state index in [0.717, 1.165) is 0 Å². The Kier molecular flexibility index (Phi) is 4.04. The summed E-state index contributed by atoms with van der Waals surface area (Å²) >= 11 is 0. The summed E-state index contributed by atoms with van der Waals surface area (Å²) in [7, 11) is 3.00. The summed E-state index contributed by atoms with van der Waals surface area (Å²) < 4.78 is 16.0. The van der Waals surface area contributed by atoms with Gasteiger partial charge < -0.3 is 24.1 Å². The van der Waals surface area contributed by atoms with E-state index in [1.165, 1.54) is 14.2 Å². The Bertz CT molecular complexity index is 909. The van der Waals surface area contributed by atoms with Crippen molar-refractivity contribution < 1.29 is 28.9 Å². The molecule has 2 N–H and O–H groups in total. The quantitative estimate of drug-likeness (QED) is 0.746. The largest absolute Gasteiger partial charge is 0.508 e. The zero-order valence-electron chi connectivity index (χ0n) is 13.2.